The predicted molar refractivity (Wildman–Crippen MR) is 77.8 cm³/mol. The van der Waals surface area contributed by atoms with Gasteiger partial charge in [0, 0.05) is 7.05 Å². The number of anilines is 1. The molecule has 0 aliphatic rings. The SMILES string of the molecule is CNc1nc(Cl)nc2c1cnn2-c1ccccc1OC. The molecule has 0 unspecified atom stereocenters. The highest BCUT2D eigenvalue weighted by molar-refractivity contribution is 6.28. The highest BCUT2D eigenvalue weighted by Crippen LogP contribution is 2.27. The zero-order valence-electron chi connectivity index (χ0n) is 11.0. The first-order chi connectivity index (χ1) is 9.74. The van der Waals surface area contributed by atoms with Crippen LogP contribution in [-0.4, -0.2) is 33.9 Å². The van der Waals surface area contributed by atoms with Gasteiger partial charge in [-0.2, -0.15) is 15.1 Å². The van der Waals surface area contributed by atoms with Gasteiger partial charge in [-0.25, -0.2) is 4.68 Å². The number of halogens is 1. The molecule has 3 aromatic rings. The zero-order chi connectivity index (χ0) is 14.1. The summed E-state index contributed by atoms with van der Waals surface area (Å²) in [6.45, 7) is 0. The van der Waals surface area contributed by atoms with Crippen molar-refractivity contribution in [3.8, 4) is 11.4 Å². The Morgan fingerprint density at radius 2 is 2.05 bits per heavy atom. The molecule has 0 amide bonds. The standard InChI is InChI=1S/C13H12ClN5O/c1-15-11-8-7-16-19(12(8)18-13(14)17-11)9-5-3-4-6-10(9)20-2/h3-7H,1-2H3,(H,15,17,18). The number of benzene rings is 1. The lowest BCUT2D eigenvalue weighted by Crippen LogP contribution is -2.02. The molecule has 6 nitrogen and oxygen atoms in total. The fraction of sp³-hybridized carbons (Fsp3) is 0.154. The summed E-state index contributed by atoms with van der Waals surface area (Å²) in [5.74, 6) is 1.35. The largest absolute Gasteiger partial charge is 0.494 e. The van der Waals surface area contributed by atoms with Gasteiger partial charge in [0.05, 0.1) is 18.7 Å². The normalized spacial score (nSPS) is 10.8. The maximum Gasteiger partial charge on any atom is 0.226 e. The molecule has 2 aromatic heterocycles. The molecule has 0 saturated heterocycles. The molecule has 0 atom stereocenters. The van der Waals surface area contributed by atoms with Gasteiger partial charge >= 0.3 is 0 Å². The van der Waals surface area contributed by atoms with E-state index in [9.17, 15) is 0 Å². The van der Waals surface area contributed by atoms with E-state index in [0.717, 1.165) is 11.1 Å². The average molecular weight is 290 g/mol. The van der Waals surface area contributed by atoms with Crippen LogP contribution in [0.1, 0.15) is 0 Å². The molecule has 20 heavy (non-hydrogen) atoms. The minimum Gasteiger partial charge on any atom is -0.494 e. The molecule has 7 heteroatoms. The van der Waals surface area contributed by atoms with Crippen molar-refractivity contribution in [1.82, 2.24) is 19.7 Å². The molecule has 2 heterocycles. The maximum absolute atomic E-state index is 5.96. The van der Waals surface area contributed by atoms with E-state index in [-0.39, 0.29) is 5.28 Å². The summed E-state index contributed by atoms with van der Waals surface area (Å²) >= 11 is 5.96. The third-order valence-corrected chi connectivity index (χ3v) is 3.12. The lowest BCUT2D eigenvalue weighted by atomic mass is 10.3. The van der Waals surface area contributed by atoms with E-state index in [2.05, 4.69) is 20.4 Å². The lowest BCUT2D eigenvalue weighted by Gasteiger charge is -2.09. The van der Waals surface area contributed by atoms with Crippen molar-refractivity contribution in [2.75, 3.05) is 19.5 Å². The minimum absolute atomic E-state index is 0.165. The second-order valence-corrected chi connectivity index (χ2v) is 4.39. The molecular weight excluding hydrogens is 278 g/mol. The second kappa shape index (κ2) is 4.97. The average Bonchev–Trinajstić information content (AvgIpc) is 2.89. The number of fused-ring (bicyclic) bond motifs is 1. The van der Waals surface area contributed by atoms with Crippen LogP contribution in [0.4, 0.5) is 5.82 Å². The number of ether oxygens (including phenoxy) is 1. The highest BCUT2D eigenvalue weighted by Gasteiger charge is 2.14. The number of aromatic nitrogens is 4. The van der Waals surface area contributed by atoms with Gasteiger partial charge < -0.3 is 10.1 Å². The topological polar surface area (TPSA) is 64.9 Å². The number of nitrogens with zero attached hydrogens (tertiary/aromatic N) is 4. The van der Waals surface area contributed by atoms with Crippen molar-refractivity contribution in [3.63, 3.8) is 0 Å². The van der Waals surface area contributed by atoms with E-state index in [1.807, 2.05) is 24.3 Å². The first-order valence-electron chi connectivity index (χ1n) is 5.97. The lowest BCUT2D eigenvalue weighted by molar-refractivity contribution is 0.412. The van der Waals surface area contributed by atoms with Crippen LogP contribution in [0.3, 0.4) is 0 Å². The molecule has 1 aromatic carbocycles. The predicted octanol–water partition coefficient (Wildman–Crippen LogP) is 2.52. The summed E-state index contributed by atoms with van der Waals surface area (Å²) < 4.78 is 7.04. The first-order valence-corrected chi connectivity index (χ1v) is 6.35. The molecule has 102 valence electrons. The zero-order valence-corrected chi connectivity index (χ0v) is 11.7. The molecule has 0 spiro atoms. The van der Waals surface area contributed by atoms with Gasteiger partial charge in [0.1, 0.15) is 17.3 Å². The van der Waals surface area contributed by atoms with Crippen LogP contribution in [0, 0.1) is 0 Å². The highest BCUT2D eigenvalue weighted by atomic mass is 35.5. The van der Waals surface area contributed by atoms with Crippen LogP contribution < -0.4 is 10.1 Å². The maximum atomic E-state index is 5.96. The van der Waals surface area contributed by atoms with E-state index in [0.29, 0.717) is 17.2 Å². The number of para-hydroxylation sites is 2. The van der Waals surface area contributed by atoms with E-state index in [1.54, 1.807) is 25.0 Å². The fourth-order valence-corrected chi connectivity index (χ4v) is 2.22. The Balaban J connectivity index is 2.30. The second-order valence-electron chi connectivity index (χ2n) is 4.06. The van der Waals surface area contributed by atoms with Crippen molar-refractivity contribution in [3.05, 3.63) is 35.7 Å². The summed E-state index contributed by atoms with van der Waals surface area (Å²) in [7, 11) is 3.39. The Bertz CT molecular complexity index is 771. The summed E-state index contributed by atoms with van der Waals surface area (Å²) in [6.07, 6.45) is 1.70. The molecule has 0 bridgehead atoms. The monoisotopic (exact) mass is 289 g/mol. The number of hydrogen-bond acceptors (Lipinski definition) is 5. The molecule has 0 aliphatic heterocycles. The van der Waals surface area contributed by atoms with E-state index >= 15 is 0 Å². The van der Waals surface area contributed by atoms with Crippen LogP contribution in [0.5, 0.6) is 5.75 Å². The van der Waals surface area contributed by atoms with Gasteiger partial charge in [0.25, 0.3) is 0 Å². The molecule has 0 fully saturated rings. The Morgan fingerprint density at radius 1 is 1.25 bits per heavy atom. The Morgan fingerprint density at radius 3 is 2.80 bits per heavy atom. The van der Waals surface area contributed by atoms with Crippen LogP contribution in [0.15, 0.2) is 30.5 Å². The van der Waals surface area contributed by atoms with Crippen molar-refractivity contribution < 1.29 is 4.74 Å². The Hall–Kier alpha value is -2.34. The van der Waals surface area contributed by atoms with Crippen LogP contribution >= 0.6 is 11.6 Å². The Kier molecular flexibility index (Phi) is 3.15. The van der Waals surface area contributed by atoms with E-state index in [4.69, 9.17) is 16.3 Å². The van der Waals surface area contributed by atoms with Crippen molar-refractivity contribution in [2.24, 2.45) is 0 Å². The number of hydrogen-bond donors (Lipinski definition) is 1. The molecule has 3 rings (SSSR count). The molecular formula is C13H12ClN5O. The van der Waals surface area contributed by atoms with E-state index < -0.39 is 0 Å². The third kappa shape index (κ3) is 1.94. The number of methoxy groups -OCH3 is 1. The van der Waals surface area contributed by atoms with Crippen LogP contribution in [-0.2, 0) is 0 Å². The minimum atomic E-state index is 0.165. The molecule has 0 saturated carbocycles. The van der Waals surface area contributed by atoms with Crippen LogP contribution in [0.2, 0.25) is 5.28 Å². The van der Waals surface area contributed by atoms with Gasteiger partial charge in [-0.3, -0.25) is 0 Å². The summed E-state index contributed by atoms with van der Waals surface area (Å²) in [4.78, 5) is 8.38. The summed E-state index contributed by atoms with van der Waals surface area (Å²) in [5.41, 5.74) is 1.42. The molecule has 0 radical (unpaired) electrons. The van der Waals surface area contributed by atoms with Gasteiger partial charge in [-0.05, 0) is 23.7 Å². The fourth-order valence-electron chi connectivity index (χ4n) is 2.05. The van der Waals surface area contributed by atoms with Crippen LogP contribution in [0.25, 0.3) is 16.7 Å². The summed E-state index contributed by atoms with van der Waals surface area (Å²) in [6, 6.07) is 7.58. The van der Waals surface area contributed by atoms with Crippen molar-refractivity contribution >= 4 is 28.5 Å². The van der Waals surface area contributed by atoms with Gasteiger partial charge in [0.2, 0.25) is 5.28 Å². The van der Waals surface area contributed by atoms with Crippen molar-refractivity contribution in [2.45, 2.75) is 0 Å². The van der Waals surface area contributed by atoms with Gasteiger partial charge in [-0.15, -0.1) is 0 Å². The van der Waals surface area contributed by atoms with E-state index in [1.165, 1.54) is 0 Å². The Labute approximate surface area is 120 Å². The molecule has 1 N–H and O–H groups in total. The number of rotatable bonds is 3. The first kappa shape index (κ1) is 12.7. The summed E-state index contributed by atoms with van der Waals surface area (Å²) in [5, 5.41) is 8.30. The van der Waals surface area contributed by atoms with Gasteiger partial charge in [-0.1, -0.05) is 12.1 Å². The smallest absolute Gasteiger partial charge is 0.226 e. The van der Waals surface area contributed by atoms with Crippen molar-refractivity contribution in [1.29, 1.82) is 0 Å². The quantitative estimate of drug-likeness (QED) is 0.751. The third-order valence-electron chi connectivity index (χ3n) is 2.95. The van der Waals surface area contributed by atoms with Gasteiger partial charge in [0.15, 0.2) is 5.65 Å². The molecule has 0 aliphatic carbocycles. The number of nitrogens with one attached hydrogen (secondary N) is 1.